The van der Waals surface area contributed by atoms with Crippen molar-refractivity contribution in [3.05, 3.63) is 11.9 Å². The Morgan fingerprint density at radius 1 is 1.24 bits per heavy atom. The minimum Gasteiger partial charge on any atom is -0.370 e. The molecule has 1 aliphatic carbocycles. The quantitative estimate of drug-likeness (QED) is 0.794. The van der Waals surface area contributed by atoms with Gasteiger partial charge in [-0.15, -0.1) is 0 Å². The molecule has 0 spiro atoms. The van der Waals surface area contributed by atoms with Crippen molar-refractivity contribution >= 4 is 11.6 Å². The molecule has 1 saturated carbocycles. The third-order valence-electron chi connectivity index (χ3n) is 2.74. The van der Waals surface area contributed by atoms with Crippen molar-refractivity contribution in [1.82, 2.24) is 9.97 Å². The van der Waals surface area contributed by atoms with Crippen molar-refractivity contribution in [2.45, 2.75) is 39.5 Å². The first-order chi connectivity index (χ1) is 8.19. The van der Waals surface area contributed by atoms with Gasteiger partial charge in [-0.2, -0.15) is 0 Å². The van der Waals surface area contributed by atoms with E-state index in [4.69, 9.17) is 0 Å². The first kappa shape index (κ1) is 12.1. The standard InChI is InChI=1S/C13H22N4/c1-4-14-11-7-12(15-8-9(2)3)17-13(16-11)10-5-6-10/h7,9-10H,4-6,8H2,1-3H3,(H2,14,15,16,17). The highest BCUT2D eigenvalue weighted by molar-refractivity contribution is 5.48. The molecule has 0 bridgehead atoms. The molecule has 0 radical (unpaired) electrons. The van der Waals surface area contributed by atoms with E-state index < -0.39 is 0 Å². The molecule has 94 valence electrons. The average Bonchev–Trinajstić information content (AvgIpc) is 3.10. The van der Waals surface area contributed by atoms with Gasteiger partial charge in [0.15, 0.2) is 0 Å². The van der Waals surface area contributed by atoms with Crippen LogP contribution in [0, 0.1) is 5.92 Å². The number of hydrogen-bond donors (Lipinski definition) is 2. The molecule has 0 saturated heterocycles. The summed E-state index contributed by atoms with van der Waals surface area (Å²) in [4.78, 5) is 9.14. The van der Waals surface area contributed by atoms with Crippen LogP contribution < -0.4 is 10.6 Å². The maximum Gasteiger partial charge on any atom is 0.136 e. The summed E-state index contributed by atoms with van der Waals surface area (Å²) in [6, 6.07) is 2.00. The molecule has 17 heavy (non-hydrogen) atoms. The summed E-state index contributed by atoms with van der Waals surface area (Å²) >= 11 is 0. The summed E-state index contributed by atoms with van der Waals surface area (Å²) in [5, 5.41) is 6.64. The SMILES string of the molecule is CCNc1cc(NCC(C)C)nc(C2CC2)n1. The second-order valence-corrected chi connectivity index (χ2v) is 5.08. The average molecular weight is 234 g/mol. The fourth-order valence-electron chi connectivity index (χ4n) is 1.66. The van der Waals surface area contributed by atoms with Gasteiger partial charge in [0.25, 0.3) is 0 Å². The predicted octanol–water partition coefficient (Wildman–Crippen LogP) is 2.85. The van der Waals surface area contributed by atoms with E-state index in [1.54, 1.807) is 0 Å². The normalized spacial score (nSPS) is 15.1. The summed E-state index contributed by atoms with van der Waals surface area (Å²) in [6.07, 6.45) is 2.47. The molecule has 0 aliphatic heterocycles. The van der Waals surface area contributed by atoms with Crippen molar-refractivity contribution in [3.63, 3.8) is 0 Å². The van der Waals surface area contributed by atoms with Gasteiger partial charge >= 0.3 is 0 Å². The number of anilines is 2. The van der Waals surface area contributed by atoms with Gasteiger partial charge in [-0.1, -0.05) is 13.8 Å². The van der Waals surface area contributed by atoms with Crippen molar-refractivity contribution in [3.8, 4) is 0 Å². The van der Waals surface area contributed by atoms with E-state index in [2.05, 4.69) is 41.4 Å². The minimum atomic E-state index is 0.591. The molecule has 1 aliphatic rings. The van der Waals surface area contributed by atoms with Crippen LogP contribution in [0.15, 0.2) is 6.07 Å². The maximum absolute atomic E-state index is 4.59. The molecule has 2 N–H and O–H groups in total. The monoisotopic (exact) mass is 234 g/mol. The van der Waals surface area contributed by atoms with Gasteiger partial charge in [-0.3, -0.25) is 0 Å². The van der Waals surface area contributed by atoms with E-state index >= 15 is 0 Å². The van der Waals surface area contributed by atoms with Crippen LogP contribution in [-0.4, -0.2) is 23.1 Å². The van der Waals surface area contributed by atoms with E-state index in [1.165, 1.54) is 12.8 Å². The number of hydrogen-bond acceptors (Lipinski definition) is 4. The van der Waals surface area contributed by atoms with Gasteiger partial charge in [0, 0.05) is 25.1 Å². The number of rotatable bonds is 6. The lowest BCUT2D eigenvalue weighted by Gasteiger charge is -2.11. The highest BCUT2D eigenvalue weighted by Gasteiger charge is 2.27. The molecule has 1 aromatic rings. The molecular weight excluding hydrogens is 212 g/mol. The summed E-state index contributed by atoms with van der Waals surface area (Å²) in [6.45, 7) is 8.32. The highest BCUT2D eigenvalue weighted by atomic mass is 15.1. The van der Waals surface area contributed by atoms with Gasteiger partial charge in [0.1, 0.15) is 17.5 Å². The van der Waals surface area contributed by atoms with Gasteiger partial charge < -0.3 is 10.6 Å². The summed E-state index contributed by atoms with van der Waals surface area (Å²) < 4.78 is 0. The van der Waals surface area contributed by atoms with E-state index in [1.807, 2.05) is 6.07 Å². The van der Waals surface area contributed by atoms with Gasteiger partial charge in [-0.25, -0.2) is 9.97 Å². The summed E-state index contributed by atoms with van der Waals surface area (Å²) in [5.41, 5.74) is 0. The Kier molecular flexibility index (Phi) is 3.82. The summed E-state index contributed by atoms with van der Waals surface area (Å²) in [5.74, 6) is 4.10. The van der Waals surface area contributed by atoms with Crippen LogP contribution in [0.4, 0.5) is 11.6 Å². The highest BCUT2D eigenvalue weighted by Crippen LogP contribution is 2.38. The van der Waals surface area contributed by atoms with E-state index in [0.717, 1.165) is 30.5 Å². The molecule has 0 aromatic carbocycles. The number of nitrogens with one attached hydrogen (secondary N) is 2. The predicted molar refractivity (Wildman–Crippen MR) is 71.5 cm³/mol. The Labute approximate surface area is 103 Å². The lowest BCUT2D eigenvalue weighted by molar-refractivity contribution is 0.686. The van der Waals surface area contributed by atoms with E-state index in [9.17, 15) is 0 Å². The maximum atomic E-state index is 4.59. The molecule has 0 amide bonds. The largest absolute Gasteiger partial charge is 0.370 e. The molecule has 1 heterocycles. The Morgan fingerprint density at radius 3 is 2.41 bits per heavy atom. The zero-order valence-corrected chi connectivity index (χ0v) is 11.0. The van der Waals surface area contributed by atoms with E-state index in [0.29, 0.717) is 11.8 Å². The fraction of sp³-hybridized carbons (Fsp3) is 0.692. The second kappa shape index (κ2) is 5.34. The van der Waals surface area contributed by atoms with Crippen molar-refractivity contribution in [1.29, 1.82) is 0 Å². The van der Waals surface area contributed by atoms with Crippen LogP contribution in [0.1, 0.15) is 45.4 Å². The van der Waals surface area contributed by atoms with Crippen LogP contribution in [0.25, 0.3) is 0 Å². The minimum absolute atomic E-state index is 0.591. The zero-order valence-electron chi connectivity index (χ0n) is 11.0. The van der Waals surface area contributed by atoms with Crippen molar-refractivity contribution < 1.29 is 0 Å². The Morgan fingerprint density at radius 2 is 1.88 bits per heavy atom. The molecular formula is C13H22N4. The lowest BCUT2D eigenvalue weighted by Crippen LogP contribution is -2.11. The van der Waals surface area contributed by atoms with Gasteiger partial charge in [-0.05, 0) is 25.7 Å². The van der Waals surface area contributed by atoms with Gasteiger partial charge in [0.05, 0.1) is 0 Å². The van der Waals surface area contributed by atoms with Crippen LogP contribution in [0.3, 0.4) is 0 Å². The zero-order chi connectivity index (χ0) is 12.3. The van der Waals surface area contributed by atoms with Crippen LogP contribution >= 0.6 is 0 Å². The molecule has 4 nitrogen and oxygen atoms in total. The first-order valence-electron chi connectivity index (χ1n) is 6.55. The van der Waals surface area contributed by atoms with Crippen LogP contribution in [0.5, 0.6) is 0 Å². The van der Waals surface area contributed by atoms with Crippen molar-refractivity contribution in [2.24, 2.45) is 5.92 Å². The molecule has 0 atom stereocenters. The number of aromatic nitrogens is 2. The smallest absolute Gasteiger partial charge is 0.136 e. The summed E-state index contributed by atoms with van der Waals surface area (Å²) in [7, 11) is 0. The van der Waals surface area contributed by atoms with Crippen LogP contribution in [0.2, 0.25) is 0 Å². The number of nitrogens with zero attached hydrogens (tertiary/aromatic N) is 2. The fourth-order valence-corrected chi connectivity index (χ4v) is 1.66. The molecule has 1 fully saturated rings. The first-order valence-corrected chi connectivity index (χ1v) is 6.55. The van der Waals surface area contributed by atoms with E-state index in [-0.39, 0.29) is 0 Å². The lowest BCUT2D eigenvalue weighted by atomic mass is 10.2. The Hall–Kier alpha value is -1.32. The molecule has 4 heteroatoms. The Bertz CT molecular complexity index is 372. The van der Waals surface area contributed by atoms with Gasteiger partial charge in [0.2, 0.25) is 0 Å². The molecule has 1 aromatic heterocycles. The van der Waals surface area contributed by atoms with Crippen LogP contribution in [-0.2, 0) is 0 Å². The van der Waals surface area contributed by atoms with Crippen molar-refractivity contribution in [2.75, 3.05) is 23.7 Å². The molecule has 2 rings (SSSR count). The second-order valence-electron chi connectivity index (χ2n) is 5.08. The Balaban J connectivity index is 2.12. The third kappa shape index (κ3) is 3.58. The molecule has 0 unspecified atom stereocenters. The topological polar surface area (TPSA) is 49.8 Å². The third-order valence-corrected chi connectivity index (χ3v) is 2.74.